The highest BCUT2D eigenvalue weighted by atomic mass is 32.1. The molecule has 3 rings (SSSR count). The molecule has 3 nitrogen and oxygen atoms in total. The second kappa shape index (κ2) is 4.66. The largest absolute Gasteiger partial charge is 0.347 e. The molecule has 5 heteroatoms. The molecular weight excluding hydrogens is 251 g/mol. The first-order valence-electron chi connectivity index (χ1n) is 5.93. The first-order valence-corrected chi connectivity index (χ1v) is 6.75. The standard InChI is InChI=1S/C13H13FN2OS/c14-9-2-1-8-5-12(18-11(8)6-9)13(17)16-10-3-4-15-7-10/h1-2,5-6,10,15H,3-4,7H2,(H,16,17)/t10-/m1/s1. The summed E-state index contributed by atoms with van der Waals surface area (Å²) in [5.74, 6) is -0.332. The Morgan fingerprint density at radius 2 is 2.33 bits per heavy atom. The van der Waals surface area contributed by atoms with E-state index < -0.39 is 0 Å². The van der Waals surface area contributed by atoms with Crippen molar-refractivity contribution in [2.24, 2.45) is 0 Å². The molecule has 0 bridgehead atoms. The summed E-state index contributed by atoms with van der Waals surface area (Å²) in [5, 5.41) is 7.10. The zero-order chi connectivity index (χ0) is 12.5. The van der Waals surface area contributed by atoms with Crippen LogP contribution in [0.2, 0.25) is 0 Å². The fraction of sp³-hybridized carbons (Fsp3) is 0.308. The monoisotopic (exact) mass is 264 g/mol. The third-order valence-corrected chi connectivity index (χ3v) is 4.20. The lowest BCUT2D eigenvalue weighted by Crippen LogP contribution is -2.35. The number of rotatable bonds is 2. The van der Waals surface area contributed by atoms with E-state index >= 15 is 0 Å². The summed E-state index contributed by atoms with van der Waals surface area (Å²) in [6.45, 7) is 1.77. The average Bonchev–Trinajstić information content (AvgIpc) is 2.96. The molecule has 2 aromatic rings. The Bertz CT molecular complexity index is 590. The maximum absolute atomic E-state index is 13.1. The molecule has 1 saturated heterocycles. The molecular formula is C13H13FN2OS. The summed E-state index contributed by atoms with van der Waals surface area (Å²) in [4.78, 5) is 12.7. The van der Waals surface area contributed by atoms with Crippen molar-refractivity contribution >= 4 is 27.3 Å². The van der Waals surface area contributed by atoms with Crippen LogP contribution in [-0.2, 0) is 0 Å². The Balaban J connectivity index is 1.82. The van der Waals surface area contributed by atoms with Crippen molar-refractivity contribution in [2.75, 3.05) is 13.1 Å². The maximum atomic E-state index is 13.1. The molecule has 1 aromatic carbocycles. The van der Waals surface area contributed by atoms with E-state index in [4.69, 9.17) is 0 Å². The van der Waals surface area contributed by atoms with Crippen molar-refractivity contribution in [1.82, 2.24) is 10.6 Å². The van der Waals surface area contributed by atoms with Gasteiger partial charge in [-0.25, -0.2) is 4.39 Å². The van der Waals surface area contributed by atoms with Gasteiger partial charge in [-0.3, -0.25) is 4.79 Å². The van der Waals surface area contributed by atoms with Crippen molar-refractivity contribution < 1.29 is 9.18 Å². The highest BCUT2D eigenvalue weighted by molar-refractivity contribution is 7.20. The van der Waals surface area contributed by atoms with Crippen molar-refractivity contribution in [3.05, 3.63) is 35.0 Å². The number of carbonyl (C=O) groups is 1. The van der Waals surface area contributed by atoms with Gasteiger partial charge in [0.15, 0.2) is 0 Å². The fourth-order valence-corrected chi connectivity index (χ4v) is 3.14. The zero-order valence-corrected chi connectivity index (χ0v) is 10.5. The highest BCUT2D eigenvalue weighted by Crippen LogP contribution is 2.26. The van der Waals surface area contributed by atoms with Gasteiger partial charge in [-0.05, 0) is 36.6 Å². The zero-order valence-electron chi connectivity index (χ0n) is 9.70. The summed E-state index contributed by atoms with van der Waals surface area (Å²) >= 11 is 1.33. The lowest BCUT2D eigenvalue weighted by molar-refractivity contribution is 0.0944. The minimum absolute atomic E-state index is 0.0645. The SMILES string of the molecule is O=C(N[C@@H]1CCNC1)c1cc2ccc(F)cc2s1. The topological polar surface area (TPSA) is 41.1 Å². The number of amides is 1. The first kappa shape index (κ1) is 11.6. The van der Waals surface area contributed by atoms with Gasteiger partial charge in [-0.1, -0.05) is 6.07 Å². The molecule has 0 radical (unpaired) electrons. The van der Waals surface area contributed by atoms with Gasteiger partial charge < -0.3 is 10.6 Å². The number of thiophene rings is 1. The van der Waals surface area contributed by atoms with Crippen molar-refractivity contribution in [3.8, 4) is 0 Å². The predicted octanol–water partition coefficient (Wildman–Crippen LogP) is 2.13. The van der Waals surface area contributed by atoms with Crippen LogP contribution in [0.1, 0.15) is 16.1 Å². The van der Waals surface area contributed by atoms with E-state index in [-0.39, 0.29) is 17.8 Å². The van der Waals surface area contributed by atoms with Crippen LogP contribution in [0.5, 0.6) is 0 Å². The van der Waals surface area contributed by atoms with Gasteiger partial charge in [0.2, 0.25) is 0 Å². The van der Waals surface area contributed by atoms with Gasteiger partial charge >= 0.3 is 0 Å². The van der Waals surface area contributed by atoms with Gasteiger partial charge in [0.25, 0.3) is 5.91 Å². The molecule has 1 atom stereocenters. The number of benzene rings is 1. The van der Waals surface area contributed by atoms with E-state index in [9.17, 15) is 9.18 Å². The predicted molar refractivity (Wildman–Crippen MR) is 70.5 cm³/mol. The molecule has 18 heavy (non-hydrogen) atoms. The Labute approximate surface area is 108 Å². The van der Waals surface area contributed by atoms with Crippen LogP contribution in [0.15, 0.2) is 24.3 Å². The van der Waals surface area contributed by atoms with Gasteiger partial charge in [-0.15, -0.1) is 11.3 Å². The van der Waals surface area contributed by atoms with E-state index in [1.807, 2.05) is 6.07 Å². The van der Waals surface area contributed by atoms with Gasteiger partial charge in [0, 0.05) is 17.3 Å². The van der Waals surface area contributed by atoms with E-state index in [1.54, 1.807) is 6.07 Å². The Morgan fingerprint density at radius 1 is 1.44 bits per heavy atom. The van der Waals surface area contributed by atoms with Crippen LogP contribution in [-0.4, -0.2) is 25.0 Å². The van der Waals surface area contributed by atoms with E-state index in [0.717, 1.165) is 29.6 Å². The molecule has 1 aliphatic rings. The van der Waals surface area contributed by atoms with Crippen LogP contribution in [0.3, 0.4) is 0 Å². The number of halogens is 1. The number of fused-ring (bicyclic) bond motifs is 1. The molecule has 0 unspecified atom stereocenters. The third kappa shape index (κ3) is 2.23. The van der Waals surface area contributed by atoms with E-state index in [0.29, 0.717) is 4.88 Å². The number of carbonyl (C=O) groups excluding carboxylic acids is 1. The van der Waals surface area contributed by atoms with Crippen LogP contribution < -0.4 is 10.6 Å². The maximum Gasteiger partial charge on any atom is 0.261 e. The third-order valence-electron chi connectivity index (χ3n) is 3.10. The lowest BCUT2D eigenvalue weighted by atomic mass is 10.2. The second-order valence-electron chi connectivity index (χ2n) is 4.46. The van der Waals surface area contributed by atoms with Crippen LogP contribution >= 0.6 is 11.3 Å². The molecule has 94 valence electrons. The molecule has 1 aromatic heterocycles. The van der Waals surface area contributed by atoms with Gasteiger partial charge in [0.1, 0.15) is 5.82 Å². The molecule has 2 N–H and O–H groups in total. The average molecular weight is 264 g/mol. The van der Waals surface area contributed by atoms with Crippen molar-refractivity contribution in [1.29, 1.82) is 0 Å². The van der Waals surface area contributed by atoms with E-state index in [2.05, 4.69) is 10.6 Å². The van der Waals surface area contributed by atoms with Gasteiger partial charge in [0.05, 0.1) is 4.88 Å². The van der Waals surface area contributed by atoms with Crippen LogP contribution in [0, 0.1) is 5.82 Å². The quantitative estimate of drug-likeness (QED) is 0.872. The van der Waals surface area contributed by atoms with E-state index in [1.165, 1.54) is 23.5 Å². The Kier molecular flexibility index (Phi) is 3.01. The molecule has 0 aliphatic carbocycles. The summed E-state index contributed by atoms with van der Waals surface area (Å²) in [6.07, 6.45) is 0.964. The second-order valence-corrected chi connectivity index (χ2v) is 5.54. The lowest BCUT2D eigenvalue weighted by Gasteiger charge is -2.09. The molecule has 0 saturated carbocycles. The smallest absolute Gasteiger partial charge is 0.261 e. The van der Waals surface area contributed by atoms with Gasteiger partial charge in [-0.2, -0.15) is 0 Å². The van der Waals surface area contributed by atoms with Crippen molar-refractivity contribution in [3.63, 3.8) is 0 Å². The van der Waals surface area contributed by atoms with Crippen LogP contribution in [0.4, 0.5) is 4.39 Å². The fourth-order valence-electron chi connectivity index (χ4n) is 2.15. The summed E-state index contributed by atoms with van der Waals surface area (Å²) in [7, 11) is 0. The van der Waals surface area contributed by atoms with Crippen LogP contribution in [0.25, 0.3) is 10.1 Å². The molecule has 2 heterocycles. The number of hydrogen-bond donors (Lipinski definition) is 2. The molecule has 1 aliphatic heterocycles. The highest BCUT2D eigenvalue weighted by Gasteiger charge is 2.18. The summed E-state index contributed by atoms with van der Waals surface area (Å²) < 4.78 is 13.9. The molecule has 0 spiro atoms. The number of hydrogen-bond acceptors (Lipinski definition) is 3. The minimum atomic E-state index is -0.267. The Morgan fingerprint density at radius 3 is 3.11 bits per heavy atom. The Hall–Kier alpha value is -1.46. The normalized spacial score (nSPS) is 19.3. The first-order chi connectivity index (χ1) is 8.72. The summed E-state index contributed by atoms with van der Waals surface area (Å²) in [6, 6.07) is 6.61. The number of nitrogens with one attached hydrogen (secondary N) is 2. The van der Waals surface area contributed by atoms with Crippen molar-refractivity contribution in [2.45, 2.75) is 12.5 Å². The summed E-state index contributed by atoms with van der Waals surface area (Å²) in [5.41, 5.74) is 0. The molecule has 1 fully saturated rings. The minimum Gasteiger partial charge on any atom is -0.347 e. The molecule has 1 amide bonds.